The van der Waals surface area contributed by atoms with Crippen LogP contribution in [-0.2, 0) is 0 Å². The minimum atomic E-state index is -0.988. The number of fused-ring (bicyclic) bond motifs is 1. The second kappa shape index (κ2) is 5.57. The fraction of sp³-hybridized carbons (Fsp3) is 0. The molecule has 0 aliphatic heterocycles. The van der Waals surface area contributed by atoms with Crippen molar-refractivity contribution in [2.75, 3.05) is 5.32 Å². The van der Waals surface area contributed by atoms with Gasteiger partial charge in [0.15, 0.2) is 0 Å². The predicted molar refractivity (Wildman–Crippen MR) is 83.1 cm³/mol. The number of hydrogen-bond acceptors (Lipinski definition) is 3. The van der Waals surface area contributed by atoms with E-state index in [4.69, 9.17) is 5.11 Å². The highest BCUT2D eigenvalue weighted by Crippen LogP contribution is 2.28. The number of hydrogen-bond donors (Lipinski definition) is 2. The lowest BCUT2D eigenvalue weighted by Crippen LogP contribution is -2.13. The van der Waals surface area contributed by atoms with Gasteiger partial charge in [0.2, 0.25) is 0 Å². The number of carboxylic acid groups (broad SMARTS) is 1. The van der Waals surface area contributed by atoms with Gasteiger partial charge in [0.25, 0.3) is 5.91 Å². The van der Waals surface area contributed by atoms with Crippen LogP contribution in [0.4, 0.5) is 10.1 Å². The molecule has 2 N–H and O–H groups in total. The molecule has 1 amide bonds. The molecule has 6 heteroatoms. The number of benzene rings is 2. The van der Waals surface area contributed by atoms with E-state index in [9.17, 15) is 14.0 Å². The maximum atomic E-state index is 13.6. The van der Waals surface area contributed by atoms with Crippen molar-refractivity contribution in [1.82, 2.24) is 0 Å². The Morgan fingerprint density at radius 2 is 1.86 bits per heavy atom. The SMILES string of the molecule is O=C(O)c1cc2cc(NC(=O)c3ccccc3F)ccc2s1. The van der Waals surface area contributed by atoms with Crippen molar-refractivity contribution in [3.63, 3.8) is 0 Å². The molecule has 0 aliphatic carbocycles. The number of carbonyl (C=O) groups is 2. The first kappa shape index (κ1) is 14.2. The Balaban J connectivity index is 1.89. The van der Waals surface area contributed by atoms with Crippen LogP contribution in [-0.4, -0.2) is 17.0 Å². The van der Waals surface area contributed by atoms with E-state index in [-0.39, 0.29) is 10.4 Å². The van der Waals surface area contributed by atoms with E-state index in [1.807, 2.05) is 0 Å². The Kier molecular flexibility index (Phi) is 3.60. The van der Waals surface area contributed by atoms with Crippen LogP contribution >= 0.6 is 11.3 Å². The topological polar surface area (TPSA) is 66.4 Å². The number of anilines is 1. The molecule has 3 rings (SSSR count). The molecule has 1 aromatic heterocycles. The highest BCUT2D eigenvalue weighted by Gasteiger charge is 2.12. The Morgan fingerprint density at radius 3 is 2.59 bits per heavy atom. The van der Waals surface area contributed by atoms with E-state index in [1.165, 1.54) is 18.2 Å². The van der Waals surface area contributed by atoms with Crippen LogP contribution in [0.1, 0.15) is 20.0 Å². The van der Waals surface area contributed by atoms with Gasteiger partial charge in [-0.1, -0.05) is 12.1 Å². The third-order valence-corrected chi connectivity index (χ3v) is 4.21. The average molecular weight is 315 g/mol. The summed E-state index contributed by atoms with van der Waals surface area (Å²) >= 11 is 1.16. The van der Waals surface area contributed by atoms with E-state index in [0.717, 1.165) is 16.0 Å². The number of thiophene rings is 1. The maximum absolute atomic E-state index is 13.6. The average Bonchev–Trinajstić information content (AvgIpc) is 2.91. The third-order valence-electron chi connectivity index (χ3n) is 3.10. The zero-order chi connectivity index (χ0) is 15.7. The van der Waals surface area contributed by atoms with Crippen LogP contribution in [0.5, 0.6) is 0 Å². The summed E-state index contributed by atoms with van der Waals surface area (Å²) in [7, 11) is 0. The van der Waals surface area contributed by atoms with Crippen molar-refractivity contribution in [3.05, 3.63) is 64.8 Å². The van der Waals surface area contributed by atoms with Gasteiger partial charge in [-0.05, 0) is 41.8 Å². The molecule has 4 nitrogen and oxygen atoms in total. The van der Waals surface area contributed by atoms with Gasteiger partial charge in [-0.15, -0.1) is 11.3 Å². The van der Waals surface area contributed by atoms with E-state index in [0.29, 0.717) is 11.1 Å². The number of aromatic carboxylic acids is 1. The summed E-state index contributed by atoms with van der Waals surface area (Å²) in [5, 5.41) is 12.3. The molecule has 0 unspecified atom stereocenters. The molecule has 110 valence electrons. The smallest absolute Gasteiger partial charge is 0.345 e. The second-order valence-electron chi connectivity index (χ2n) is 4.60. The van der Waals surface area contributed by atoms with Crippen molar-refractivity contribution in [3.8, 4) is 0 Å². The number of carboxylic acids is 1. The van der Waals surface area contributed by atoms with Crippen molar-refractivity contribution in [2.24, 2.45) is 0 Å². The second-order valence-corrected chi connectivity index (χ2v) is 5.69. The standard InChI is InChI=1S/C16H10FNO3S/c17-12-4-2-1-3-11(12)15(19)18-10-5-6-13-9(7-10)8-14(22-13)16(20)21/h1-8H,(H,18,19)(H,20,21). The first-order chi connectivity index (χ1) is 10.5. The molecule has 0 radical (unpaired) electrons. The van der Waals surface area contributed by atoms with Crippen molar-refractivity contribution >= 4 is 39.0 Å². The van der Waals surface area contributed by atoms with Gasteiger partial charge in [-0.3, -0.25) is 4.79 Å². The summed E-state index contributed by atoms with van der Waals surface area (Å²) in [6.07, 6.45) is 0. The van der Waals surface area contributed by atoms with Gasteiger partial charge in [0.05, 0.1) is 5.56 Å². The predicted octanol–water partition coefficient (Wildman–Crippen LogP) is 3.99. The van der Waals surface area contributed by atoms with Crippen molar-refractivity contribution in [2.45, 2.75) is 0 Å². The van der Waals surface area contributed by atoms with Crippen LogP contribution in [0.3, 0.4) is 0 Å². The van der Waals surface area contributed by atoms with E-state index in [1.54, 1.807) is 30.3 Å². The molecular weight excluding hydrogens is 305 g/mol. The van der Waals surface area contributed by atoms with Gasteiger partial charge >= 0.3 is 5.97 Å². The van der Waals surface area contributed by atoms with Crippen LogP contribution in [0.2, 0.25) is 0 Å². The Labute approximate surface area is 128 Å². The third kappa shape index (κ3) is 2.68. The molecule has 0 bridgehead atoms. The molecule has 0 saturated heterocycles. The lowest BCUT2D eigenvalue weighted by Gasteiger charge is -2.06. The Bertz CT molecular complexity index is 888. The lowest BCUT2D eigenvalue weighted by atomic mass is 10.2. The Morgan fingerprint density at radius 1 is 1.09 bits per heavy atom. The minimum absolute atomic E-state index is 0.0425. The maximum Gasteiger partial charge on any atom is 0.345 e. The van der Waals surface area contributed by atoms with Gasteiger partial charge in [0, 0.05) is 10.4 Å². The highest BCUT2D eigenvalue weighted by molar-refractivity contribution is 7.20. The number of carbonyl (C=O) groups excluding carboxylic acids is 1. The summed E-state index contributed by atoms with van der Waals surface area (Å²) in [5.41, 5.74) is 0.439. The first-order valence-electron chi connectivity index (χ1n) is 6.37. The zero-order valence-electron chi connectivity index (χ0n) is 11.2. The fourth-order valence-corrected chi connectivity index (χ4v) is 2.95. The summed E-state index contributed by atoms with van der Waals surface area (Å²) in [5.74, 6) is -2.13. The van der Waals surface area contributed by atoms with E-state index >= 15 is 0 Å². The molecule has 0 fully saturated rings. The summed E-state index contributed by atoms with van der Waals surface area (Å²) in [6, 6.07) is 12.3. The van der Waals surface area contributed by atoms with E-state index < -0.39 is 17.7 Å². The van der Waals surface area contributed by atoms with Crippen molar-refractivity contribution in [1.29, 1.82) is 0 Å². The van der Waals surface area contributed by atoms with Gasteiger partial charge in [0.1, 0.15) is 10.7 Å². The summed E-state index contributed by atoms with van der Waals surface area (Å²) in [4.78, 5) is 23.2. The largest absolute Gasteiger partial charge is 0.477 e. The quantitative estimate of drug-likeness (QED) is 0.768. The monoisotopic (exact) mass is 315 g/mol. The minimum Gasteiger partial charge on any atom is -0.477 e. The van der Waals surface area contributed by atoms with Crippen LogP contribution < -0.4 is 5.32 Å². The van der Waals surface area contributed by atoms with Crippen LogP contribution in [0.15, 0.2) is 48.5 Å². The van der Waals surface area contributed by atoms with Gasteiger partial charge < -0.3 is 10.4 Å². The molecule has 22 heavy (non-hydrogen) atoms. The number of rotatable bonds is 3. The molecular formula is C16H10FNO3S. The normalized spacial score (nSPS) is 10.6. The summed E-state index contributed by atoms with van der Waals surface area (Å²) in [6.45, 7) is 0. The molecule has 2 aromatic carbocycles. The summed E-state index contributed by atoms with van der Waals surface area (Å²) < 4.78 is 14.4. The lowest BCUT2D eigenvalue weighted by molar-refractivity contribution is 0.0702. The molecule has 0 saturated carbocycles. The first-order valence-corrected chi connectivity index (χ1v) is 7.19. The zero-order valence-corrected chi connectivity index (χ0v) is 12.0. The number of halogens is 1. The highest BCUT2D eigenvalue weighted by atomic mass is 32.1. The van der Waals surface area contributed by atoms with Crippen LogP contribution in [0, 0.1) is 5.82 Å². The molecule has 0 spiro atoms. The van der Waals surface area contributed by atoms with Crippen molar-refractivity contribution < 1.29 is 19.1 Å². The molecule has 1 heterocycles. The number of nitrogens with one attached hydrogen (secondary N) is 1. The van der Waals surface area contributed by atoms with Crippen LogP contribution in [0.25, 0.3) is 10.1 Å². The molecule has 3 aromatic rings. The fourth-order valence-electron chi connectivity index (χ4n) is 2.07. The Hall–Kier alpha value is -2.73. The number of amides is 1. The van der Waals surface area contributed by atoms with Gasteiger partial charge in [-0.2, -0.15) is 0 Å². The molecule has 0 aliphatic rings. The molecule has 0 atom stereocenters. The van der Waals surface area contributed by atoms with E-state index in [2.05, 4.69) is 5.32 Å². The van der Waals surface area contributed by atoms with Gasteiger partial charge in [-0.25, -0.2) is 9.18 Å².